The molecule has 5 rings (SSSR count). The number of cyclic esters (lactones) is 1. The van der Waals surface area contributed by atoms with E-state index in [1.165, 1.54) is 0 Å². The second kappa shape index (κ2) is 7.20. The van der Waals surface area contributed by atoms with Gasteiger partial charge in [0.2, 0.25) is 0 Å². The van der Waals surface area contributed by atoms with Gasteiger partial charge in [0.05, 0.1) is 11.7 Å². The zero-order chi connectivity index (χ0) is 19.8. The van der Waals surface area contributed by atoms with Crippen LogP contribution in [0.5, 0.6) is 0 Å². The lowest BCUT2D eigenvalue weighted by molar-refractivity contribution is -0.168. The summed E-state index contributed by atoms with van der Waals surface area (Å²) in [6, 6.07) is 19.9. The van der Waals surface area contributed by atoms with Gasteiger partial charge < -0.3 is 4.74 Å². The molecule has 2 aromatic rings. The lowest BCUT2D eigenvalue weighted by Crippen LogP contribution is -2.49. The van der Waals surface area contributed by atoms with Gasteiger partial charge in [-0.25, -0.2) is 5.06 Å². The first-order chi connectivity index (χ1) is 14.2. The van der Waals surface area contributed by atoms with Crippen LogP contribution in [0, 0.1) is 11.3 Å². The first kappa shape index (κ1) is 18.2. The molecule has 0 aromatic heterocycles. The molecule has 2 aromatic carbocycles. The average molecular weight is 387 g/mol. The molecule has 5 atom stereocenters. The lowest BCUT2D eigenvalue weighted by atomic mass is 9.69. The molecule has 4 nitrogen and oxygen atoms in total. The molecule has 1 aliphatic carbocycles. The maximum Gasteiger partial charge on any atom is 0.314 e. The number of carbonyl (C=O) groups is 1. The van der Waals surface area contributed by atoms with Crippen LogP contribution in [0.25, 0.3) is 0 Å². The van der Waals surface area contributed by atoms with Crippen molar-refractivity contribution in [1.82, 2.24) is 0 Å². The number of rotatable bonds is 3. The minimum Gasteiger partial charge on any atom is -0.457 e. The molecule has 1 unspecified atom stereocenters. The Labute approximate surface area is 171 Å². The van der Waals surface area contributed by atoms with Gasteiger partial charge in [-0.2, -0.15) is 0 Å². The van der Waals surface area contributed by atoms with Crippen LogP contribution in [0.15, 0.2) is 85.0 Å². The third-order valence-corrected chi connectivity index (χ3v) is 6.36. The van der Waals surface area contributed by atoms with Crippen LogP contribution < -0.4 is 5.06 Å². The van der Waals surface area contributed by atoms with Gasteiger partial charge in [0.25, 0.3) is 0 Å². The highest BCUT2D eigenvalue weighted by atomic mass is 16.7. The van der Waals surface area contributed by atoms with Gasteiger partial charge in [0.15, 0.2) is 0 Å². The molecule has 0 amide bonds. The van der Waals surface area contributed by atoms with Gasteiger partial charge in [-0.3, -0.25) is 9.63 Å². The van der Waals surface area contributed by atoms with Crippen LogP contribution in [0.1, 0.15) is 31.4 Å². The standard InChI is InChI=1S/C25H25NO3/c1-25(15-9-4-10-16-25)23-22-21(29-26(23)19-13-7-3-8-14-19)17-20(28-24(22)27)18-11-5-2-6-12-18/h2-15,20-23H,16-17H2,1H3/t20-,21-,22+,23-,25?/m0/s1. The van der Waals surface area contributed by atoms with Crippen LogP contribution >= 0.6 is 0 Å². The quantitative estimate of drug-likeness (QED) is 0.695. The van der Waals surface area contributed by atoms with Gasteiger partial charge in [-0.05, 0) is 24.1 Å². The van der Waals surface area contributed by atoms with Crippen molar-refractivity contribution in [2.24, 2.45) is 11.3 Å². The molecular formula is C25H25NO3. The molecular weight excluding hydrogens is 362 g/mol. The van der Waals surface area contributed by atoms with Crippen LogP contribution in [-0.2, 0) is 14.4 Å². The van der Waals surface area contributed by atoms with Crippen LogP contribution in [0.4, 0.5) is 5.69 Å². The Kier molecular flexibility index (Phi) is 4.51. The predicted octanol–water partition coefficient (Wildman–Crippen LogP) is 5.00. The summed E-state index contributed by atoms with van der Waals surface area (Å²) in [5.74, 6) is -0.487. The third-order valence-electron chi connectivity index (χ3n) is 6.36. The number of fused-ring (bicyclic) bond motifs is 1. The average Bonchev–Trinajstić information content (AvgIpc) is 3.17. The Morgan fingerprint density at radius 1 is 1.00 bits per heavy atom. The Bertz CT molecular complexity index is 939. The molecule has 0 N–H and O–H groups in total. The van der Waals surface area contributed by atoms with Crippen LogP contribution in [0.3, 0.4) is 0 Å². The van der Waals surface area contributed by atoms with Gasteiger partial charge in [0, 0.05) is 11.8 Å². The number of hydrogen-bond acceptors (Lipinski definition) is 4. The van der Waals surface area contributed by atoms with E-state index in [1.54, 1.807) is 0 Å². The van der Waals surface area contributed by atoms with Gasteiger partial charge in [-0.1, -0.05) is 79.8 Å². The van der Waals surface area contributed by atoms with E-state index in [0.717, 1.165) is 17.7 Å². The Morgan fingerprint density at radius 2 is 1.72 bits per heavy atom. The number of hydroxylamine groups is 1. The van der Waals surface area contributed by atoms with E-state index in [9.17, 15) is 4.79 Å². The molecule has 0 bridgehead atoms. The predicted molar refractivity (Wildman–Crippen MR) is 112 cm³/mol. The molecule has 148 valence electrons. The summed E-state index contributed by atoms with van der Waals surface area (Å²) in [7, 11) is 0. The fourth-order valence-electron chi connectivity index (χ4n) is 4.88. The van der Waals surface area contributed by atoms with Gasteiger partial charge >= 0.3 is 5.97 Å². The number of anilines is 1. The SMILES string of the molecule is CC1([C@@H]2[C@@H]3C(=O)O[C@H](c4ccccc4)C[C@@H]3ON2c2ccccc2)C=CC=CC1. The van der Waals surface area contributed by atoms with Crippen molar-refractivity contribution in [3.8, 4) is 0 Å². The van der Waals surface area contributed by atoms with Crippen molar-refractivity contribution in [2.45, 2.75) is 38.0 Å². The number of esters is 1. The fraction of sp³-hybridized carbons (Fsp3) is 0.320. The van der Waals surface area contributed by atoms with E-state index in [2.05, 4.69) is 31.2 Å². The van der Waals surface area contributed by atoms with Crippen LogP contribution in [-0.4, -0.2) is 18.1 Å². The molecule has 2 saturated heterocycles. The molecule has 2 fully saturated rings. The highest BCUT2D eigenvalue weighted by Crippen LogP contribution is 2.50. The number of hydrogen-bond donors (Lipinski definition) is 0. The zero-order valence-electron chi connectivity index (χ0n) is 16.5. The Balaban J connectivity index is 1.52. The smallest absolute Gasteiger partial charge is 0.314 e. The second-order valence-corrected chi connectivity index (χ2v) is 8.34. The Hall–Kier alpha value is -2.85. The molecule has 2 heterocycles. The number of benzene rings is 2. The van der Waals surface area contributed by atoms with E-state index in [0.29, 0.717) is 6.42 Å². The monoisotopic (exact) mass is 387 g/mol. The fourth-order valence-corrected chi connectivity index (χ4v) is 4.88. The topological polar surface area (TPSA) is 38.8 Å². The molecule has 0 spiro atoms. The minimum atomic E-state index is -0.323. The van der Waals surface area contributed by atoms with Crippen molar-refractivity contribution in [1.29, 1.82) is 0 Å². The normalized spacial score (nSPS) is 33.4. The summed E-state index contributed by atoms with van der Waals surface area (Å²) in [6.45, 7) is 2.20. The minimum absolute atomic E-state index is 0.125. The molecule has 0 radical (unpaired) electrons. The molecule has 29 heavy (non-hydrogen) atoms. The third kappa shape index (κ3) is 3.18. The van der Waals surface area contributed by atoms with E-state index in [-0.39, 0.29) is 35.6 Å². The molecule has 3 aliphatic rings. The summed E-state index contributed by atoms with van der Waals surface area (Å²) in [6.07, 6.45) is 9.55. The summed E-state index contributed by atoms with van der Waals surface area (Å²) in [4.78, 5) is 19.7. The summed E-state index contributed by atoms with van der Waals surface area (Å²) in [5, 5.41) is 1.97. The highest BCUT2D eigenvalue weighted by molar-refractivity contribution is 5.77. The van der Waals surface area contributed by atoms with E-state index < -0.39 is 0 Å². The summed E-state index contributed by atoms with van der Waals surface area (Å²) < 4.78 is 5.95. The largest absolute Gasteiger partial charge is 0.457 e. The van der Waals surface area contributed by atoms with E-state index in [1.807, 2.05) is 65.7 Å². The number of nitrogens with zero attached hydrogens (tertiary/aromatic N) is 1. The summed E-state index contributed by atoms with van der Waals surface area (Å²) in [5.41, 5.74) is 1.77. The number of para-hydroxylation sites is 1. The number of ether oxygens (including phenoxy) is 1. The van der Waals surface area contributed by atoms with Crippen molar-refractivity contribution in [3.63, 3.8) is 0 Å². The number of carbonyl (C=O) groups excluding carboxylic acids is 1. The lowest BCUT2D eigenvalue weighted by Gasteiger charge is -2.41. The van der Waals surface area contributed by atoms with Crippen molar-refractivity contribution in [2.75, 3.05) is 5.06 Å². The van der Waals surface area contributed by atoms with Crippen LogP contribution in [0.2, 0.25) is 0 Å². The van der Waals surface area contributed by atoms with Crippen molar-refractivity contribution in [3.05, 3.63) is 90.5 Å². The first-order valence-corrected chi connectivity index (χ1v) is 10.3. The van der Waals surface area contributed by atoms with Crippen molar-refractivity contribution >= 4 is 11.7 Å². The second-order valence-electron chi connectivity index (χ2n) is 8.34. The molecule has 2 aliphatic heterocycles. The molecule has 4 heteroatoms. The van der Waals surface area contributed by atoms with Gasteiger partial charge in [0.1, 0.15) is 18.1 Å². The zero-order valence-corrected chi connectivity index (χ0v) is 16.5. The maximum atomic E-state index is 13.3. The van der Waals surface area contributed by atoms with E-state index >= 15 is 0 Å². The van der Waals surface area contributed by atoms with Crippen molar-refractivity contribution < 1.29 is 14.4 Å². The maximum absolute atomic E-state index is 13.3. The number of allylic oxidation sites excluding steroid dienone is 3. The highest BCUT2D eigenvalue weighted by Gasteiger charge is 2.58. The Morgan fingerprint density at radius 3 is 2.41 bits per heavy atom. The summed E-state index contributed by atoms with van der Waals surface area (Å²) >= 11 is 0. The molecule has 0 saturated carbocycles. The van der Waals surface area contributed by atoms with E-state index in [4.69, 9.17) is 9.57 Å². The first-order valence-electron chi connectivity index (χ1n) is 10.3. The van der Waals surface area contributed by atoms with Gasteiger partial charge in [-0.15, -0.1) is 0 Å².